The lowest BCUT2D eigenvalue weighted by atomic mass is 10.1. The lowest BCUT2D eigenvalue weighted by Gasteiger charge is -2.12. The van der Waals surface area contributed by atoms with E-state index in [4.69, 9.17) is 16.7 Å². The van der Waals surface area contributed by atoms with Crippen LogP contribution in [0.2, 0.25) is 5.02 Å². The predicted octanol–water partition coefficient (Wildman–Crippen LogP) is 2.82. The number of aromatic nitrogens is 3. The molecule has 6 heteroatoms. The molecule has 0 radical (unpaired) electrons. The normalized spacial score (nSPS) is 23.1. The number of pyridine rings is 1. The van der Waals surface area contributed by atoms with Crippen molar-refractivity contribution in [2.45, 2.75) is 32.2 Å². The average molecular weight is 280 g/mol. The molecule has 0 aliphatic heterocycles. The van der Waals surface area contributed by atoms with Crippen LogP contribution in [0.5, 0.6) is 0 Å². The zero-order valence-corrected chi connectivity index (χ0v) is 11.3. The Labute approximate surface area is 115 Å². The van der Waals surface area contributed by atoms with Crippen LogP contribution in [0.1, 0.15) is 31.0 Å². The molecule has 0 unspecified atom stereocenters. The number of aryl methyl sites for hydroxylation is 1. The van der Waals surface area contributed by atoms with E-state index in [0.717, 1.165) is 17.8 Å². The minimum Gasteiger partial charge on any atom is -0.481 e. The zero-order chi connectivity index (χ0) is 13.6. The number of carboxylic acids is 1. The monoisotopic (exact) mass is 279 g/mol. The number of imidazole rings is 1. The van der Waals surface area contributed by atoms with Crippen LogP contribution < -0.4 is 0 Å². The minimum absolute atomic E-state index is 0.150. The van der Waals surface area contributed by atoms with Gasteiger partial charge in [-0.15, -0.1) is 0 Å². The fraction of sp³-hybridized carbons (Fsp3) is 0.462. The van der Waals surface area contributed by atoms with Crippen LogP contribution in [-0.4, -0.2) is 25.6 Å². The summed E-state index contributed by atoms with van der Waals surface area (Å²) in [6.07, 6.45) is 3.90. The van der Waals surface area contributed by atoms with E-state index < -0.39 is 5.97 Å². The van der Waals surface area contributed by atoms with Crippen molar-refractivity contribution in [2.24, 2.45) is 5.92 Å². The first-order valence-corrected chi connectivity index (χ1v) is 6.66. The second-order valence-electron chi connectivity index (χ2n) is 5.07. The number of carbonyl (C=O) groups is 1. The first-order valence-electron chi connectivity index (χ1n) is 6.28. The molecule has 0 aromatic carbocycles. The van der Waals surface area contributed by atoms with Gasteiger partial charge >= 0.3 is 5.97 Å². The van der Waals surface area contributed by atoms with Gasteiger partial charge in [-0.25, -0.2) is 9.97 Å². The van der Waals surface area contributed by atoms with Crippen molar-refractivity contribution in [2.75, 3.05) is 0 Å². The highest BCUT2D eigenvalue weighted by Gasteiger charge is 2.31. The number of aliphatic carboxylic acids is 1. The Morgan fingerprint density at radius 2 is 2.32 bits per heavy atom. The molecule has 5 nitrogen and oxygen atoms in total. The van der Waals surface area contributed by atoms with Crippen molar-refractivity contribution in [1.82, 2.24) is 14.5 Å². The first kappa shape index (κ1) is 12.4. The van der Waals surface area contributed by atoms with Gasteiger partial charge in [0.15, 0.2) is 5.65 Å². The zero-order valence-electron chi connectivity index (χ0n) is 10.5. The van der Waals surface area contributed by atoms with E-state index in [0.29, 0.717) is 23.4 Å². The van der Waals surface area contributed by atoms with Crippen LogP contribution in [0.3, 0.4) is 0 Å². The highest BCUT2D eigenvalue weighted by atomic mass is 35.5. The molecular formula is C13H14ClN3O2. The molecule has 1 aliphatic rings. The molecule has 0 amide bonds. The molecule has 100 valence electrons. The molecule has 0 bridgehead atoms. The Morgan fingerprint density at radius 3 is 3.00 bits per heavy atom. The van der Waals surface area contributed by atoms with Gasteiger partial charge in [-0.05, 0) is 32.3 Å². The number of nitrogens with zero attached hydrogens (tertiary/aromatic N) is 3. The number of fused-ring (bicyclic) bond motifs is 1. The van der Waals surface area contributed by atoms with Gasteiger partial charge in [0.05, 0.1) is 17.3 Å². The number of carboxylic acid groups (broad SMARTS) is 1. The molecule has 0 saturated heterocycles. The van der Waals surface area contributed by atoms with E-state index in [-0.39, 0.29) is 12.0 Å². The van der Waals surface area contributed by atoms with Crippen molar-refractivity contribution < 1.29 is 9.90 Å². The van der Waals surface area contributed by atoms with Gasteiger partial charge < -0.3 is 9.67 Å². The van der Waals surface area contributed by atoms with Crippen LogP contribution in [0.25, 0.3) is 11.2 Å². The summed E-state index contributed by atoms with van der Waals surface area (Å²) in [4.78, 5) is 19.8. The van der Waals surface area contributed by atoms with Crippen molar-refractivity contribution in [3.05, 3.63) is 23.1 Å². The van der Waals surface area contributed by atoms with Crippen molar-refractivity contribution in [1.29, 1.82) is 0 Å². The van der Waals surface area contributed by atoms with Gasteiger partial charge in [-0.2, -0.15) is 0 Å². The Bertz CT molecular complexity index is 653. The standard InChI is InChI=1S/C13H14ClN3O2/c1-7-4-10(14)11-12(16-7)17(6-15-11)9-3-2-8(5-9)13(18)19/h4,6,8-9H,2-3,5H2,1H3,(H,18,19)/t8-,9+/m1/s1. The molecule has 2 aromatic heterocycles. The third-order valence-corrected chi connectivity index (χ3v) is 4.05. The van der Waals surface area contributed by atoms with Crippen LogP contribution in [-0.2, 0) is 4.79 Å². The summed E-state index contributed by atoms with van der Waals surface area (Å²) >= 11 is 6.15. The summed E-state index contributed by atoms with van der Waals surface area (Å²) in [5, 5.41) is 9.66. The highest BCUT2D eigenvalue weighted by molar-refractivity contribution is 6.34. The Morgan fingerprint density at radius 1 is 1.53 bits per heavy atom. The molecule has 1 saturated carbocycles. The topological polar surface area (TPSA) is 68.0 Å². The van der Waals surface area contributed by atoms with Crippen LogP contribution in [0.4, 0.5) is 0 Å². The fourth-order valence-electron chi connectivity index (χ4n) is 2.79. The van der Waals surface area contributed by atoms with Gasteiger partial charge in [0.25, 0.3) is 0 Å². The Kier molecular flexibility index (Phi) is 2.93. The summed E-state index contributed by atoms with van der Waals surface area (Å²) in [7, 11) is 0. The SMILES string of the molecule is Cc1cc(Cl)c2ncn([C@H]3CC[C@@H](C(=O)O)C3)c2n1. The molecule has 0 spiro atoms. The van der Waals surface area contributed by atoms with E-state index in [9.17, 15) is 4.79 Å². The minimum atomic E-state index is -0.714. The lowest BCUT2D eigenvalue weighted by molar-refractivity contribution is -0.141. The molecule has 1 N–H and O–H groups in total. The molecule has 2 heterocycles. The summed E-state index contributed by atoms with van der Waals surface area (Å²) < 4.78 is 1.97. The summed E-state index contributed by atoms with van der Waals surface area (Å²) in [5.41, 5.74) is 2.28. The second kappa shape index (κ2) is 4.49. The molecule has 3 rings (SSSR count). The van der Waals surface area contributed by atoms with Gasteiger partial charge in [0, 0.05) is 11.7 Å². The summed E-state index contributed by atoms with van der Waals surface area (Å²) in [6.45, 7) is 1.89. The Balaban J connectivity index is 2.00. The molecule has 1 fully saturated rings. The average Bonchev–Trinajstić information content (AvgIpc) is 2.93. The first-order chi connectivity index (χ1) is 9.06. The fourth-order valence-corrected chi connectivity index (χ4v) is 3.08. The van der Waals surface area contributed by atoms with Crippen molar-refractivity contribution in [3.8, 4) is 0 Å². The maximum Gasteiger partial charge on any atom is 0.306 e. The van der Waals surface area contributed by atoms with E-state index in [1.807, 2.05) is 11.5 Å². The number of halogens is 1. The molecule has 2 aromatic rings. The number of rotatable bonds is 2. The van der Waals surface area contributed by atoms with Crippen LogP contribution in [0.15, 0.2) is 12.4 Å². The second-order valence-corrected chi connectivity index (χ2v) is 5.48. The summed E-state index contributed by atoms with van der Waals surface area (Å²) in [5.74, 6) is -0.975. The quantitative estimate of drug-likeness (QED) is 0.918. The summed E-state index contributed by atoms with van der Waals surface area (Å²) in [6, 6.07) is 1.94. The third kappa shape index (κ3) is 2.08. The van der Waals surface area contributed by atoms with Crippen molar-refractivity contribution in [3.63, 3.8) is 0 Å². The highest BCUT2D eigenvalue weighted by Crippen LogP contribution is 2.36. The number of hydrogen-bond donors (Lipinski definition) is 1. The lowest BCUT2D eigenvalue weighted by Crippen LogP contribution is -2.11. The van der Waals surface area contributed by atoms with Gasteiger partial charge in [-0.3, -0.25) is 4.79 Å². The van der Waals surface area contributed by atoms with Gasteiger partial charge in [0.1, 0.15) is 5.52 Å². The Hall–Kier alpha value is -1.62. The van der Waals surface area contributed by atoms with E-state index in [2.05, 4.69) is 9.97 Å². The molecule has 1 aliphatic carbocycles. The molecular weight excluding hydrogens is 266 g/mol. The molecule has 2 atom stereocenters. The van der Waals surface area contributed by atoms with Crippen molar-refractivity contribution >= 4 is 28.7 Å². The van der Waals surface area contributed by atoms with E-state index in [1.54, 1.807) is 12.4 Å². The predicted molar refractivity (Wildman–Crippen MR) is 71.3 cm³/mol. The van der Waals surface area contributed by atoms with Gasteiger partial charge in [0.2, 0.25) is 0 Å². The maximum absolute atomic E-state index is 11.0. The number of hydrogen-bond acceptors (Lipinski definition) is 3. The molecule has 19 heavy (non-hydrogen) atoms. The largest absolute Gasteiger partial charge is 0.481 e. The third-order valence-electron chi connectivity index (χ3n) is 3.76. The van der Waals surface area contributed by atoms with Crippen LogP contribution >= 0.6 is 11.6 Å². The van der Waals surface area contributed by atoms with Crippen LogP contribution in [0, 0.1) is 12.8 Å². The van der Waals surface area contributed by atoms with E-state index >= 15 is 0 Å². The smallest absolute Gasteiger partial charge is 0.306 e. The van der Waals surface area contributed by atoms with E-state index in [1.165, 1.54) is 0 Å². The maximum atomic E-state index is 11.0. The van der Waals surface area contributed by atoms with Gasteiger partial charge in [-0.1, -0.05) is 11.6 Å².